The Hall–Kier alpha value is -1.40. The highest BCUT2D eigenvalue weighted by molar-refractivity contribution is 5.79. The minimum Gasteiger partial charge on any atom is -0.383 e. The van der Waals surface area contributed by atoms with E-state index in [1.54, 1.807) is 7.11 Å². The highest BCUT2D eigenvalue weighted by Gasteiger charge is 2.27. The Kier molecular flexibility index (Phi) is 5.14. The Labute approximate surface area is 120 Å². The molecule has 2 rings (SSSR count). The first kappa shape index (κ1) is 15.0. The molecule has 0 aliphatic carbocycles. The average Bonchev–Trinajstić information content (AvgIpc) is 3.00. The van der Waals surface area contributed by atoms with Crippen molar-refractivity contribution in [3.8, 4) is 0 Å². The van der Waals surface area contributed by atoms with Gasteiger partial charge in [0.2, 0.25) is 5.91 Å². The second-order valence-corrected chi connectivity index (χ2v) is 5.40. The highest BCUT2D eigenvalue weighted by atomic mass is 16.5. The summed E-state index contributed by atoms with van der Waals surface area (Å²) in [6, 6.07) is 2.00. The first-order valence-electron chi connectivity index (χ1n) is 7.08. The number of nitrogens with zero attached hydrogens (tertiary/aromatic N) is 3. The summed E-state index contributed by atoms with van der Waals surface area (Å²) in [6.07, 6.45) is 0.931. The summed E-state index contributed by atoms with van der Waals surface area (Å²) in [5.41, 5.74) is 2.01. The zero-order valence-electron chi connectivity index (χ0n) is 12.6. The molecular formula is C14H24N4O2. The van der Waals surface area contributed by atoms with Crippen LogP contribution in [-0.2, 0) is 23.1 Å². The van der Waals surface area contributed by atoms with Gasteiger partial charge in [-0.25, -0.2) is 0 Å². The van der Waals surface area contributed by atoms with E-state index in [0.717, 1.165) is 44.0 Å². The number of hydrogen-bond donors (Lipinski definition) is 1. The van der Waals surface area contributed by atoms with Crippen LogP contribution < -0.4 is 5.32 Å². The smallest absolute Gasteiger partial charge is 0.224 e. The molecule has 1 atom stereocenters. The van der Waals surface area contributed by atoms with Gasteiger partial charge in [-0.1, -0.05) is 0 Å². The van der Waals surface area contributed by atoms with Crippen molar-refractivity contribution < 1.29 is 9.53 Å². The van der Waals surface area contributed by atoms with Gasteiger partial charge < -0.3 is 15.0 Å². The van der Waals surface area contributed by atoms with Crippen LogP contribution in [-0.4, -0.2) is 53.9 Å². The zero-order valence-corrected chi connectivity index (χ0v) is 12.6. The number of aromatic nitrogens is 2. The van der Waals surface area contributed by atoms with Crippen molar-refractivity contribution in [2.75, 3.05) is 33.4 Å². The molecule has 6 heteroatoms. The largest absolute Gasteiger partial charge is 0.383 e. The molecule has 1 saturated heterocycles. The molecule has 1 aromatic heterocycles. The molecular weight excluding hydrogens is 256 g/mol. The normalized spacial score (nSPS) is 19.4. The molecule has 20 heavy (non-hydrogen) atoms. The van der Waals surface area contributed by atoms with Crippen LogP contribution in [0.25, 0.3) is 0 Å². The number of rotatable bonds is 6. The van der Waals surface area contributed by atoms with Crippen LogP contribution in [0.15, 0.2) is 6.07 Å². The van der Waals surface area contributed by atoms with Crippen molar-refractivity contribution in [2.45, 2.75) is 19.9 Å². The molecule has 112 valence electrons. The van der Waals surface area contributed by atoms with Crippen molar-refractivity contribution in [1.82, 2.24) is 20.0 Å². The standard InChI is InChI=1S/C14H24N4O2/c1-11-8-13(17(2)16-11)9-15-14(19)12-4-5-18(10-12)6-7-20-3/h8,12H,4-7,9-10H2,1-3H3,(H,15,19)/t12-/m1/s1. The highest BCUT2D eigenvalue weighted by Crippen LogP contribution is 2.16. The van der Waals surface area contributed by atoms with Crippen LogP contribution >= 0.6 is 0 Å². The maximum atomic E-state index is 12.2. The van der Waals surface area contributed by atoms with Gasteiger partial charge in [0.05, 0.1) is 30.5 Å². The minimum absolute atomic E-state index is 0.0983. The third-order valence-electron chi connectivity index (χ3n) is 3.80. The van der Waals surface area contributed by atoms with Gasteiger partial charge in [-0.15, -0.1) is 0 Å². The van der Waals surface area contributed by atoms with Crippen LogP contribution in [0, 0.1) is 12.8 Å². The van der Waals surface area contributed by atoms with Crippen LogP contribution in [0.3, 0.4) is 0 Å². The van der Waals surface area contributed by atoms with E-state index in [1.165, 1.54) is 0 Å². The van der Waals surface area contributed by atoms with Gasteiger partial charge in [0.25, 0.3) is 0 Å². The van der Waals surface area contributed by atoms with Gasteiger partial charge >= 0.3 is 0 Å². The first-order valence-corrected chi connectivity index (χ1v) is 7.08. The summed E-state index contributed by atoms with van der Waals surface area (Å²) in [6.45, 7) is 5.94. The molecule has 2 heterocycles. The van der Waals surface area contributed by atoms with Crippen molar-refractivity contribution in [3.05, 3.63) is 17.5 Å². The molecule has 1 aliphatic rings. The van der Waals surface area contributed by atoms with Crippen molar-refractivity contribution >= 4 is 5.91 Å². The molecule has 6 nitrogen and oxygen atoms in total. The van der Waals surface area contributed by atoms with Crippen molar-refractivity contribution in [3.63, 3.8) is 0 Å². The summed E-state index contributed by atoms with van der Waals surface area (Å²) in [4.78, 5) is 14.4. The average molecular weight is 280 g/mol. The number of amides is 1. The van der Waals surface area contributed by atoms with E-state index in [1.807, 2.05) is 24.7 Å². The first-order chi connectivity index (χ1) is 9.60. The summed E-state index contributed by atoms with van der Waals surface area (Å²) >= 11 is 0. The third-order valence-corrected chi connectivity index (χ3v) is 3.80. The lowest BCUT2D eigenvalue weighted by Crippen LogP contribution is -2.33. The van der Waals surface area contributed by atoms with Crippen LogP contribution in [0.5, 0.6) is 0 Å². The predicted molar refractivity (Wildman–Crippen MR) is 76.2 cm³/mol. The van der Waals surface area contributed by atoms with E-state index in [-0.39, 0.29) is 11.8 Å². The van der Waals surface area contributed by atoms with Crippen LogP contribution in [0.2, 0.25) is 0 Å². The van der Waals surface area contributed by atoms with E-state index in [0.29, 0.717) is 6.54 Å². The molecule has 0 spiro atoms. The number of likely N-dealkylation sites (tertiary alicyclic amines) is 1. The number of nitrogens with one attached hydrogen (secondary N) is 1. The third kappa shape index (κ3) is 3.80. The Balaban J connectivity index is 1.77. The molecule has 0 aromatic carbocycles. The molecule has 1 N–H and O–H groups in total. The maximum Gasteiger partial charge on any atom is 0.224 e. The number of aryl methyl sites for hydroxylation is 2. The number of carbonyl (C=O) groups is 1. The molecule has 1 fully saturated rings. The second kappa shape index (κ2) is 6.85. The molecule has 1 aromatic rings. The molecule has 0 bridgehead atoms. The lowest BCUT2D eigenvalue weighted by Gasteiger charge is -2.15. The van der Waals surface area contributed by atoms with Crippen LogP contribution in [0.1, 0.15) is 17.8 Å². The van der Waals surface area contributed by atoms with E-state index in [9.17, 15) is 4.79 Å². The van der Waals surface area contributed by atoms with E-state index in [4.69, 9.17) is 4.74 Å². The fourth-order valence-corrected chi connectivity index (χ4v) is 2.62. The Bertz CT molecular complexity index is 458. The maximum absolute atomic E-state index is 12.2. The Morgan fingerprint density at radius 1 is 1.60 bits per heavy atom. The van der Waals surface area contributed by atoms with Crippen molar-refractivity contribution in [1.29, 1.82) is 0 Å². The van der Waals surface area contributed by atoms with E-state index < -0.39 is 0 Å². The van der Waals surface area contributed by atoms with Gasteiger partial charge in [-0.05, 0) is 26.0 Å². The summed E-state index contributed by atoms with van der Waals surface area (Å²) < 4.78 is 6.88. The monoisotopic (exact) mass is 280 g/mol. The van der Waals surface area contributed by atoms with Gasteiger partial charge in [-0.3, -0.25) is 9.48 Å². The predicted octanol–water partition coefficient (Wildman–Crippen LogP) is 0.313. The van der Waals surface area contributed by atoms with E-state index in [2.05, 4.69) is 15.3 Å². The summed E-state index contributed by atoms with van der Waals surface area (Å²) in [5, 5.41) is 7.29. The molecule has 0 unspecified atom stereocenters. The summed E-state index contributed by atoms with van der Waals surface area (Å²) in [5.74, 6) is 0.241. The summed E-state index contributed by atoms with van der Waals surface area (Å²) in [7, 11) is 3.60. The van der Waals surface area contributed by atoms with Gasteiger partial charge in [0, 0.05) is 27.2 Å². The minimum atomic E-state index is 0.0983. The zero-order chi connectivity index (χ0) is 14.5. The Morgan fingerprint density at radius 2 is 2.40 bits per heavy atom. The lowest BCUT2D eigenvalue weighted by atomic mass is 10.1. The number of hydrogen-bond acceptors (Lipinski definition) is 4. The number of ether oxygens (including phenoxy) is 1. The molecule has 1 amide bonds. The fraction of sp³-hybridized carbons (Fsp3) is 0.714. The SMILES string of the molecule is COCCN1CC[C@@H](C(=O)NCc2cc(C)nn2C)C1. The van der Waals surface area contributed by atoms with Crippen LogP contribution in [0.4, 0.5) is 0 Å². The van der Waals surface area contributed by atoms with Gasteiger partial charge in [0.15, 0.2) is 0 Å². The lowest BCUT2D eigenvalue weighted by molar-refractivity contribution is -0.124. The van der Waals surface area contributed by atoms with Gasteiger partial charge in [0.1, 0.15) is 0 Å². The molecule has 0 radical (unpaired) electrons. The fourth-order valence-electron chi connectivity index (χ4n) is 2.62. The molecule has 1 aliphatic heterocycles. The van der Waals surface area contributed by atoms with Crippen molar-refractivity contribution in [2.24, 2.45) is 13.0 Å². The van der Waals surface area contributed by atoms with Gasteiger partial charge in [-0.2, -0.15) is 5.10 Å². The number of methoxy groups -OCH3 is 1. The second-order valence-electron chi connectivity index (χ2n) is 5.40. The number of carbonyl (C=O) groups excluding carboxylic acids is 1. The van der Waals surface area contributed by atoms with E-state index >= 15 is 0 Å². The quantitative estimate of drug-likeness (QED) is 0.815. The topological polar surface area (TPSA) is 59.4 Å². The Morgan fingerprint density at radius 3 is 3.05 bits per heavy atom. The molecule has 0 saturated carbocycles.